The van der Waals surface area contributed by atoms with Gasteiger partial charge in [0.1, 0.15) is 5.75 Å². The SMILES string of the molecule is CCNC(=NCC1CN2CCN1CC2)NC1CCOc2ccccc21. The molecule has 1 aromatic rings. The highest BCUT2D eigenvalue weighted by Gasteiger charge is 2.31. The van der Waals surface area contributed by atoms with E-state index in [1.165, 1.54) is 31.7 Å². The van der Waals surface area contributed by atoms with Gasteiger partial charge in [-0.2, -0.15) is 0 Å². The van der Waals surface area contributed by atoms with E-state index < -0.39 is 0 Å². The van der Waals surface area contributed by atoms with E-state index in [2.05, 4.69) is 39.5 Å². The minimum absolute atomic E-state index is 0.259. The van der Waals surface area contributed by atoms with Crippen molar-refractivity contribution in [2.24, 2.45) is 4.99 Å². The number of benzene rings is 1. The molecule has 2 atom stereocenters. The predicted octanol–water partition coefficient (Wildman–Crippen LogP) is 1.07. The van der Waals surface area contributed by atoms with Crippen LogP contribution in [0.1, 0.15) is 24.9 Å². The van der Waals surface area contributed by atoms with Crippen LogP contribution in [-0.2, 0) is 0 Å². The number of rotatable bonds is 4. The molecule has 5 rings (SSSR count). The van der Waals surface area contributed by atoms with E-state index in [0.29, 0.717) is 6.04 Å². The Kier molecular flexibility index (Phi) is 5.08. The van der Waals surface area contributed by atoms with Crippen LogP contribution < -0.4 is 15.4 Å². The average molecular weight is 343 g/mol. The Labute approximate surface area is 150 Å². The Morgan fingerprint density at radius 3 is 2.84 bits per heavy atom. The van der Waals surface area contributed by atoms with Crippen molar-refractivity contribution in [3.8, 4) is 5.75 Å². The minimum Gasteiger partial charge on any atom is -0.493 e. The Balaban J connectivity index is 1.43. The number of guanidine groups is 1. The van der Waals surface area contributed by atoms with Gasteiger partial charge < -0.3 is 15.4 Å². The largest absolute Gasteiger partial charge is 0.493 e. The van der Waals surface area contributed by atoms with Crippen molar-refractivity contribution >= 4 is 5.96 Å². The van der Waals surface area contributed by atoms with Gasteiger partial charge in [0.2, 0.25) is 0 Å². The Hall–Kier alpha value is -1.79. The van der Waals surface area contributed by atoms with Crippen molar-refractivity contribution < 1.29 is 4.74 Å². The standard InChI is InChI=1S/C19H29N5O/c1-2-20-19(21-13-15-14-23-8-10-24(15)11-9-23)22-17-7-12-25-18-6-4-3-5-16(17)18/h3-6,15,17H,2,7-14H2,1H3,(H2,20,21,22). The molecule has 0 saturated carbocycles. The van der Waals surface area contributed by atoms with Crippen LogP contribution in [0.4, 0.5) is 0 Å². The zero-order valence-electron chi connectivity index (χ0n) is 15.1. The average Bonchev–Trinajstić information content (AvgIpc) is 2.67. The van der Waals surface area contributed by atoms with Crippen molar-refractivity contribution in [1.82, 2.24) is 20.4 Å². The number of piperazine rings is 3. The van der Waals surface area contributed by atoms with Gasteiger partial charge in [0, 0.05) is 57.3 Å². The van der Waals surface area contributed by atoms with Gasteiger partial charge in [-0.15, -0.1) is 0 Å². The summed E-state index contributed by atoms with van der Waals surface area (Å²) in [5, 5.41) is 7.03. The van der Waals surface area contributed by atoms with E-state index in [0.717, 1.165) is 44.4 Å². The summed E-state index contributed by atoms with van der Waals surface area (Å²) in [6.07, 6.45) is 0.963. The fraction of sp³-hybridized carbons (Fsp3) is 0.632. The number of nitrogens with zero attached hydrogens (tertiary/aromatic N) is 3. The number of ether oxygens (including phenoxy) is 1. The summed E-state index contributed by atoms with van der Waals surface area (Å²) < 4.78 is 5.77. The number of para-hydroxylation sites is 1. The maximum absolute atomic E-state index is 5.77. The van der Waals surface area contributed by atoms with E-state index in [9.17, 15) is 0 Å². The molecule has 6 heteroatoms. The molecule has 25 heavy (non-hydrogen) atoms. The first-order valence-corrected chi connectivity index (χ1v) is 9.56. The first kappa shape index (κ1) is 16.7. The van der Waals surface area contributed by atoms with E-state index in [-0.39, 0.29) is 6.04 Å². The highest BCUT2D eigenvalue weighted by Crippen LogP contribution is 2.31. The molecule has 2 unspecified atom stereocenters. The second-order valence-electron chi connectivity index (χ2n) is 7.08. The summed E-state index contributed by atoms with van der Waals surface area (Å²) in [6, 6.07) is 9.12. The summed E-state index contributed by atoms with van der Waals surface area (Å²) in [4.78, 5) is 10.1. The Morgan fingerprint density at radius 1 is 1.24 bits per heavy atom. The van der Waals surface area contributed by atoms with Crippen LogP contribution in [0.25, 0.3) is 0 Å². The summed E-state index contributed by atoms with van der Waals surface area (Å²) in [5.74, 6) is 1.91. The van der Waals surface area contributed by atoms with Crippen LogP contribution in [0.2, 0.25) is 0 Å². The van der Waals surface area contributed by atoms with Gasteiger partial charge in [0.25, 0.3) is 0 Å². The molecular weight excluding hydrogens is 314 g/mol. The van der Waals surface area contributed by atoms with E-state index in [1.54, 1.807) is 0 Å². The number of hydrogen-bond donors (Lipinski definition) is 2. The summed E-state index contributed by atoms with van der Waals surface area (Å²) >= 11 is 0. The molecule has 0 radical (unpaired) electrons. The van der Waals surface area contributed by atoms with Crippen molar-refractivity contribution in [2.45, 2.75) is 25.4 Å². The van der Waals surface area contributed by atoms with Crippen molar-refractivity contribution in [2.75, 3.05) is 52.4 Å². The predicted molar refractivity (Wildman–Crippen MR) is 100 cm³/mol. The minimum atomic E-state index is 0.259. The molecule has 4 heterocycles. The fourth-order valence-corrected chi connectivity index (χ4v) is 4.07. The molecule has 3 saturated heterocycles. The Morgan fingerprint density at radius 2 is 2.08 bits per heavy atom. The van der Waals surface area contributed by atoms with E-state index in [4.69, 9.17) is 9.73 Å². The van der Waals surface area contributed by atoms with Gasteiger partial charge in [0.05, 0.1) is 19.2 Å². The zero-order chi connectivity index (χ0) is 17.1. The maximum Gasteiger partial charge on any atom is 0.191 e. The lowest BCUT2D eigenvalue weighted by Crippen LogP contribution is -2.62. The summed E-state index contributed by atoms with van der Waals surface area (Å²) in [6.45, 7) is 10.6. The van der Waals surface area contributed by atoms with Crippen molar-refractivity contribution in [1.29, 1.82) is 0 Å². The molecule has 0 spiro atoms. The highest BCUT2D eigenvalue weighted by molar-refractivity contribution is 5.80. The number of nitrogens with one attached hydrogen (secondary N) is 2. The zero-order valence-corrected chi connectivity index (χ0v) is 15.1. The second-order valence-corrected chi connectivity index (χ2v) is 7.08. The topological polar surface area (TPSA) is 52.1 Å². The third-order valence-corrected chi connectivity index (χ3v) is 5.47. The van der Waals surface area contributed by atoms with Gasteiger partial charge in [-0.05, 0) is 13.0 Å². The molecule has 0 amide bonds. The third-order valence-electron chi connectivity index (χ3n) is 5.47. The molecule has 6 nitrogen and oxygen atoms in total. The second kappa shape index (κ2) is 7.62. The summed E-state index contributed by atoms with van der Waals surface area (Å²) in [7, 11) is 0. The first-order valence-electron chi connectivity index (χ1n) is 9.56. The molecule has 136 valence electrons. The summed E-state index contributed by atoms with van der Waals surface area (Å²) in [5.41, 5.74) is 1.23. The smallest absolute Gasteiger partial charge is 0.191 e. The normalized spacial score (nSPS) is 31.2. The number of hydrogen-bond acceptors (Lipinski definition) is 4. The molecule has 0 aliphatic carbocycles. The van der Waals surface area contributed by atoms with E-state index >= 15 is 0 Å². The number of aliphatic imine (C=N–C) groups is 1. The first-order chi connectivity index (χ1) is 12.3. The molecular formula is C19H29N5O. The molecule has 2 N–H and O–H groups in total. The van der Waals surface area contributed by atoms with Crippen LogP contribution in [0.3, 0.4) is 0 Å². The molecule has 4 aliphatic rings. The molecule has 4 aliphatic heterocycles. The Bertz CT molecular complexity index is 612. The molecule has 3 fully saturated rings. The van der Waals surface area contributed by atoms with E-state index in [1.807, 2.05) is 12.1 Å². The lowest BCUT2D eigenvalue weighted by molar-refractivity contribution is 0.0174. The maximum atomic E-state index is 5.77. The fourth-order valence-electron chi connectivity index (χ4n) is 4.07. The highest BCUT2D eigenvalue weighted by atomic mass is 16.5. The van der Waals surface area contributed by atoms with Crippen molar-refractivity contribution in [3.63, 3.8) is 0 Å². The lowest BCUT2D eigenvalue weighted by atomic mass is 10.0. The van der Waals surface area contributed by atoms with Gasteiger partial charge in [-0.1, -0.05) is 18.2 Å². The lowest BCUT2D eigenvalue weighted by Gasteiger charge is -2.47. The monoisotopic (exact) mass is 343 g/mol. The van der Waals surface area contributed by atoms with Gasteiger partial charge >= 0.3 is 0 Å². The molecule has 1 aromatic carbocycles. The van der Waals surface area contributed by atoms with Gasteiger partial charge in [0.15, 0.2) is 5.96 Å². The van der Waals surface area contributed by atoms with Gasteiger partial charge in [-0.3, -0.25) is 14.8 Å². The van der Waals surface area contributed by atoms with Gasteiger partial charge in [-0.25, -0.2) is 0 Å². The van der Waals surface area contributed by atoms with Crippen LogP contribution in [0.15, 0.2) is 29.3 Å². The van der Waals surface area contributed by atoms with Crippen LogP contribution in [0, 0.1) is 0 Å². The van der Waals surface area contributed by atoms with Crippen LogP contribution >= 0.6 is 0 Å². The third kappa shape index (κ3) is 3.75. The molecule has 2 bridgehead atoms. The number of fused-ring (bicyclic) bond motifs is 4. The van der Waals surface area contributed by atoms with Crippen LogP contribution in [-0.4, -0.2) is 74.2 Å². The quantitative estimate of drug-likeness (QED) is 0.633. The van der Waals surface area contributed by atoms with Crippen molar-refractivity contribution in [3.05, 3.63) is 29.8 Å². The molecule has 0 aromatic heterocycles. The van der Waals surface area contributed by atoms with Crippen LogP contribution in [0.5, 0.6) is 5.75 Å².